The summed E-state index contributed by atoms with van der Waals surface area (Å²) in [6.45, 7) is 9.50. The number of nitrogens with zero attached hydrogens (tertiary/aromatic N) is 3. The van der Waals surface area contributed by atoms with Gasteiger partial charge in [-0.25, -0.2) is 4.98 Å². The van der Waals surface area contributed by atoms with Gasteiger partial charge in [0.15, 0.2) is 5.13 Å². The molecule has 8 heteroatoms. The largest absolute Gasteiger partial charge is 0.360 e. The standard InChI is InChI=1S/C23H25ClN4OS.ClH/c1-4-27(5-2)12-13-28(22(29)17-14-25-19-9-7-6-8-16(17)19)23-26-21-15(3)18(24)10-11-20(21)30-23;/h6-11,14,25H,4-5,12-13H2,1-3H3;1H. The van der Waals surface area contributed by atoms with Crippen molar-refractivity contribution in [1.82, 2.24) is 14.9 Å². The summed E-state index contributed by atoms with van der Waals surface area (Å²) in [5, 5.41) is 2.32. The van der Waals surface area contributed by atoms with Crippen molar-refractivity contribution >= 4 is 67.5 Å². The van der Waals surface area contributed by atoms with Crippen molar-refractivity contribution in [1.29, 1.82) is 0 Å². The fourth-order valence-corrected chi connectivity index (χ4v) is 4.87. The number of nitrogens with one attached hydrogen (secondary N) is 1. The Bertz CT molecular complexity index is 1200. The molecule has 0 saturated heterocycles. The van der Waals surface area contributed by atoms with Crippen molar-refractivity contribution in [2.45, 2.75) is 20.8 Å². The van der Waals surface area contributed by atoms with E-state index in [9.17, 15) is 4.79 Å². The molecule has 1 amide bonds. The molecule has 0 aliphatic carbocycles. The van der Waals surface area contributed by atoms with E-state index in [1.165, 1.54) is 11.3 Å². The Balaban J connectivity index is 0.00000272. The van der Waals surface area contributed by atoms with Crippen LogP contribution in [-0.4, -0.2) is 47.0 Å². The number of hydrogen-bond acceptors (Lipinski definition) is 4. The topological polar surface area (TPSA) is 52.2 Å². The zero-order valence-electron chi connectivity index (χ0n) is 17.8. The maximum absolute atomic E-state index is 13.7. The molecule has 0 saturated carbocycles. The van der Waals surface area contributed by atoms with Gasteiger partial charge in [0.1, 0.15) is 0 Å². The number of carbonyl (C=O) groups excluding carboxylic acids is 1. The van der Waals surface area contributed by atoms with Crippen LogP contribution in [0, 0.1) is 6.92 Å². The van der Waals surface area contributed by atoms with Crippen molar-refractivity contribution in [3.8, 4) is 0 Å². The second kappa shape index (κ2) is 10.0. The minimum atomic E-state index is -0.0394. The highest BCUT2D eigenvalue weighted by molar-refractivity contribution is 7.22. The van der Waals surface area contributed by atoms with E-state index in [-0.39, 0.29) is 18.3 Å². The molecular formula is C23H26Cl2N4OS. The quantitative estimate of drug-likeness (QED) is 0.347. The lowest BCUT2D eigenvalue weighted by Gasteiger charge is -2.24. The number of aryl methyl sites for hydroxylation is 1. The van der Waals surface area contributed by atoms with Gasteiger partial charge in [0, 0.05) is 35.2 Å². The lowest BCUT2D eigenvalue weighted by atomic mass is 10.1. The molecule has 0 spiro atoms. The Hall–Kier alpha value is -2.12. The highest BCUT2D eigenvalue weighted by Gasteiger charge is 2.24. The van der Waals surface area contributed by atoms with Crippen molar-refractivity contribution in [2.75, 3.05) is 31.1 Å². The summed E-state index contributed by atoms with van der Waals surface area (Å²) >= 11 is 7.83. The molecule has 0 bridgehead atoms. The number of hydrogen-bond donors (Lipinski definition) is 1. The predicted molar refractivity (Wildman–Crippen MR) is 134 cm³/mol. The van der Waals surface area contributed by atoms with E-state index in [1.54, 1.807) is 6.20 Å². The predicted octanol–water partition coefficient (Wildman–Crippen LogP) is 6.15. The molecular weight excluding hydrogens is 451 g/mol. The monoisotopic (exact) mass is 476 g/mol. The van der Waals surface area contributed by atoms with Crippen LogP contribution >= 0.6 is 35.3 Å². The van der Waals surface area contributed by atoms with E-state index in [2.05, 4.69) is 23.7 Å². The Morgan fingerprint density at radius 3 is 2.61 bits per heavy atom. The van der Waals surface area contributed by atoms with Crippen LogP contribution in [0.25, 0.3) is 21.1 Å². The average molecular weight is 477 g/mol. The Kier molecular flexibility index (Phi) is 7.59. The average Bonchev–Trinajstić information content (AvgIpc) is 3.38. The van der Waals surface area contributed by atoms with Crippen LogP contribution in [0.1, 0.15) is 29.8 Å². The molecule has 0 fully saturated rings. The Morgan fingerprint density at radius 2 is 1.87 bits per heavy atom. The first-order chi connectivity index (χ1) is 14.5. The molecule has 2 heterocycles. The van der Waals surface area contributed by atoms with Crippen LogP contribution in [0.4, 0.5) is 5.13 Å². The summed E-state index contributed by atoms with van der Waals surface area (Å²) < 4.78 is 1.03. The first kappa shape index (κ1) is 23.5. The van der Waals surface area contributed by atoms with Gasteiger partial charge >= 0.3 is 0 Å². The number of carbonyl (C=O) groups is 1. The molecule has 0 atom stereocenters. The smallest absolute Gasteiger partial charge is 0.262 e. The first-order valence-corrected chi connectivity index (χ1v) is 11.4. The SMILES string of the molecule is CCN(CC)CCN(C(=O)c1c[nH]c2ccccc12)c1nc2c(C)c(Cl)ccc2s1.Cl. The van der Waals surface area contributed by atoms with Crippen molar-refractivity contribution in [3.63, 3.8) is 0 Å². The molecule has 31 heavy (non-hydrogen) atoms. The van der Waals surface area contributed by atoms with E-state index >= 15 is 0 Å². The van der Waals surface area contributed by atoms with Crippen LogP contribution in [0.5, 0.6) is 0 Å². The Labute approximate surface area is 197 Å². The number of halogens is 2. The number of anilines is 1. The second-order valence-electron chi connectivity index (χ2n) is 7.25. The van der Waals surface area contributed by atoms with Gasteiger partial charge in [-0.1, -0.05) is 55.0 Å². The molecule has 2 aromatic heterocycles. The molecule has 5 nitrogen and oxygen atoms in total. The van der Waals surface area contributed by atoms with Crippen molar-refractivity contribution in [3.05, 3.63) is 58.7 Å². The van der Waals surface area contributed by atoms with Gasteiger partial charge in [-0.15, -0.1) is 12.4 Å². The molecule has 1 N–H and O–H groups in total. The normalized spacial score (nSPS) is 11.3. The van der Waals surface area contributed by atoms with E-state index in [4.69, 9.17) is 16.6 Å². The third-order valence-corrected chi connectivity index (χ3v) is 7.02. The molecule has 0 radical (unpaired) electrons. The van der Waals surface area contributed by atoms with Gasteiger partial charge in [0.25, 0.3) is 5.91 Å². The summed E-state index contributed by atoms with van der Waals surface area (Å²) in [6.07, 6.45) is 1.80. The molecule has 0 aliphatic rings. The van der Waals surface area contributed by atoms with Crippen molar-refractivity contribution in [2.24, 2.45) is 0 Å². The third kappa shape index (κ3) is 4.58. The molecule has 0 unspecified atom stereocenters. The number of aromatic amines is 1. The van der Waals surface area contributed by atoms with Crippen LogP contribution in [0.3, 0.4) is 0 Å². The van der Waals surface area contributed by atoms with Crippen LogP contribution < -0.4 is 4.90 Å². The number of H-pyrrole nitrogens is 1. The number of benzene rings is 2. The number of amides is 1. The maximum Gasteiger partial charge on any atom is 0.262 e. The summed E-state index contributed by atoms with van der Waals surface area (Å²) in [5.41, 5.74) is 3.43. The van der Waals surface area contributed by atoms with Crippen LogP contribution in [-0.2, 0) is 0 Å². The molecule has 164 valence electrons. The van der Waals surface area contributed by atoms with Crippen LogP contribution in [0.15, 0.2) is 42.6 Å². The fourth-order valence-electron chi connectivity index (χ4n) is 3.66. The third-order valence-electron chi connectivity index (χ3n) is 5.57. The molecule has 2 aromatic carbocycles. The lowest BCUT2D eigenvalue weighted by molar-refractivity contribution is 0.0985. The molecule has 4 rings (SSSR count). The van der Waals surface area contributed by atoms with Crippen molar-refractivity contribution < 1.29 is 4.79 Å². The number of aromatic nitrogens is 2. The molecule has 0 aliphatic heterocycles. The minimum absolute atomic E-state index is 0. The van der Waals surface area contributed by atoms with Gasteiger partial charge in [-0.2, -0.15) is 0 Å². The van der Waals surface area contributed by atoms with Gasteiger partial charge in [0.2, 0.25) is 0 Å². The lowest BCUT2D eigenvalue weighted by Crippen LogP contribution is -2.38. The number of likely N-dealkylation sites (N-methyl/N-ethyl adjacent to an activating group) is 1. The number of thiazole rings is 1. The van der Waals surface area contributed by atoms with Gasteiger partial charge in [-0.05, 0) is 43.8 Å². The van der Waals surface area contributed by atoms with Gasteiger partial charge in [-0.3, -0.25) is 9.69 Å². The summed E-state index contributed by atoms with van der Waals surface area (Å²) in [7, 11) is 0. The van der Waals surface area contributed by atoms with E-state index in [1.807, 2.05) is 48.2 Å². The summed E-state index contributed by atoms with van der Waals surface area (Å²) in [4.78, 5) is 25.8. The molecule has 4 aromatic rings. The summed E-state index contributed by atoms with van der Waals surface area (Å²) in [5.74, 6) is -0.0394. The van der Waals surface area contributed by atoms with Crippen LogP contribution in [0.2, 0.25) is 5.02 Å². The van der Waals surface area contributed by atoms with E-state index in [0.29, 0.717) is 22.3 Å². The zero-order valence-corrected chi connectivity index (χ0v) is 20.2. The highest BCUT2D eigenvalue weighted by atomic mass is 35.5. The highest BCUT2D eigenvalue weighted by Crippen LogP contribution is 2.34. The minimum Gasteiger partial charge on any atom is -0.360 e. The number of fused-ring (bicyclic) bond motifs is 2. The fraction of sp³-hybridized carbons (Fsp3) is 0.304. The van der Waals surface area contributed by atoms with Gasteiger partial charge < -0.3 is 9.88 Å². The number of para-hydroxylation sites is 1. The second-order valence-corrected chi connectivity index (χ2v) is 8.66. The first-order valence-electron chi connectivity index (χ1n) is 10.2. The Morgan fingerprint density at radius 1 is 1.13 bits per heavy atom. The zero-order chi connectivity index (χ0) is 21.3. The maximum atomic E-state index is 13.7. The number of rotatable bonds is 7. The van der Waals surface area contributed by atoms with E-state index < -0.39 is 0 Å². The van der Waals surface area contributed by atoms with Gasteiger partial charge in [0.05, 0.1) is 15.8 Å². The van der Waals surface area contributed by atoms with E-state index in [0.717, 1.165) is 46.3 Å². The summed E-state index contributed by atoms with van der Waals surface area (Å²) in [6, 6.07) is 11.7.